The van der Waals surface area contributed by atoms with Crippen LogP contribution < -0.4 is 10.1 Å². The summed E-state index contributed by atoms with van der Waals surface area (Å²) in [5.74, 6) is 0.335. The maximum Gasteiger partial charge on any atom is 0.254 e. The molecule has 0 unspecified atom stereocenters. The summed E-state index contributed by atoms with van der Waals surface area (Å²) in [6.07, 6.45) is -1.11. The molecule has 1 heterocycles. The molecule has 2 aromatic carbocycles. The number of rotatable bonds is 2. The van der Waals surface area contributed by atoms with Crippen LogP contribution in [0.1, 0.15) is 16.4 Å². The molecule has 0 radical (unpaired) electrons. The summed E-state index contributed by atoms with van der Waals surface area (Å²) in [6, 6.07) is 13.3. The van der Waals surface area contributed by atoms with Crippen molar-refractivity contribution < 1.29 is 14.6 Å². The summed E-state index contributed by atoms with van der Waals surface area (Å²) < 4.78 is 5.24. The number of aryl methyl sites for hydroxylation is 1. The zero-order valence-corrected chi connectivity index (χ0v) is 13.2. The van der Waals surface area contributed by atoms with Crippen molar-refractivity contribution in [3.8, 4) is 5.75 Å². The molecule has 1 aliphatic rings. The van der Waals surface area contributed by atoms with Crippen molar-refractivity contribution in [1.29, 1.82) is 0 Å². The first-order valence-electron chi connectivity index (χ1n) is 6.98. The predicted molar refractivity (Wildman–Crippen MR) is 87.4 cm³/mol. The summed E-state index contributed by atoms with van der Waals surface area (Å²) in [4.78, 5) is 13.1. The number of hydrogen-bond donors (Lipinski definition) is 2. The lowest BCUT2D eigenvalue weighted by molar-refractivity contribution is -0.124. The van der Waals surface area contributed by atoms with Crippen molar-refractivity contribution in [2.75, 3.05) is 12.4 Å². The number of nitrogens with one attached hydrogen (secondary N) is 1. The van der Waals surface area contributed by atoms with Gasteiger partial charge in [0.2, 0.25) is 0 Å². The Morgan fingerprint density at radius 3 is 2.59 bits per heavy atom. The summed E-state index contributed by atoms with van der Waals surface area (Å²) in [5, 5.41) is 12.8. The maximum absolute atomic E-state index is 12.2. The van der Waals surface area contributed by atoms with Gasteiger partial charge in [-0.1, -0.05) is 29.8 Å². The average Bonchev–Trinajstić information content (AvgIpc) is 2.65. The molecular weight excluding hydrogens is 298 g/mol. The molecular formula is C17H17NO3S. The topological polar surface area (TPSA) is 58.6 Å². The van der Waals surface area contributed by atoms with Crippen LogP contribution in [0, 0.1) is 6.92 Å². The fourth-order valence-electron chi connectivity index (χ4n) is 2.38. The lowest BCUT2D eigenvalue weighted by atomic mass is 10.1. The van der Waals surface area contributed by atoms with E-state index in [4.69, 9.17) is 4.74 Å². The molecule has 114 valence electrons. The normalized spacial score (nSPS) is 20.8. The van der Waals surface area contributed by atoms with Gasteiger partial charge < -0.3 is 15.2 Å². The number of thioether (sulfide) groups is 1. The molecule has 0 spiro atoms. The van der Waals surface area contributed by atoms with E-state index in [9.17, 15) is 9.90 Å². The van der Waals surface area contributed by atoms with Gasteiger partial charge in [-0.15, -0.1) is 11.8 Å². The van der Waals surface area contributed by atoms with E-state index in [1.807, 2.05) is 37.3 Å². The van der Waals surface area contributed by atoms with Crippen molar-refractivity contribution in [2.24, 2.45) is 0 Å². The van der Waals surface area contributed by atoms with E-state index >= 15 is 0 Å². The van der Waals surface area contributed by atoms with E-state index < -0.39 is 6.10 Å². The van der Waals surface area contributed by atoms with Crippen LogP contribution in [0.15, 0.2) is 47.4 Å². The van der Waals surface area contributed by atoms with Crippen LogP contribution in [0.5, 0.6) is 5.75 Å². The third-order valence-electron chi connectivity index (χ3n) is 3.66. The quantitative estimate of drug-likeness (QED) is 0.894. The summed E-state index contributed by atoms with van der Waals surface area (Å²) >= 11 is 1.46. The third-order valence-corrected chi connectivity index (χ3v) is 5.04. The van der Waals surface area contributed by atoms with Crippen LogP contribution in [0.25, 0.3) is 0 Å². The SMILES string of the molecule is COc1ccc2c(c1)S[C@H](c1ccc(C)cc1)[C@H](O)C(=O)N2. The number of carbonyl (C=O) groups is 1. The summed E-state index contributed by atoms with van der Waals surface area (Å²) in [5.41, 5.74) is 2.77. The third kappa shape index (κ3) is 2.82. The fraction of sp³-hybridized carbons (Fsp3) is 0.235. The molecule has 0 bridgehead atoms. The molecule has 0 aromatic heterocycles. The lowest BCUT2D eigenvalue weighted by Crippen LogP contribution is -2.30. The van der Waals surface area contributed by atoms with E-state index in [1.54, 1.807) is 19.2 Å². The molecule has 22 heavy (non-hydrogen) atoms. The molecule has 2 aromatic rings. The molecule has 2 N–H and O–H groups in total. The average molecular weight is 315 g/mol. The van der Waals surface area contributed by atoms with Crippen LogP contribution in [-0.4, -0.2) is 24.2 Å². The first-order chi connectivity index (χ1) is 10.6. The zero-order valence-electron chi connectivity index (χ0n) is 12.4. The first kappa shape index (κ1) is 14.9. The Kier molecular flexibility index (Phi) is 4.09. The highest BCUT2D eigenvalue weighted by molar-refractivity contribution is 7.99. The Bertz CT molecular complexity index is 700. The molecule has 4 nitrogen and oxygen atoms in total. The minimum atomic E-state index is -1.11. The van der Waals surface area contributed by atoms with Gasteiger partial charge in [-0.05, 0) is 30.7 Å². The van der Waals surface area contributed by atoms with Gasteiger partial charge in [0.25, 0.3) is 5.91 Å². The fourth-order valence-corrected chi connectivity index (χ4v) is 3.63. The Morgan fingerprint density at radius 2 is 1.91 bits per heavy atom. The number of aliphatic hydroxyl groups excluding tert-OH is 1. The molecule has 0 aliphatic carbocycles. The van der Waals surface area contributed by atoms with Gasteiger partial charge in [0.05, 0.1) is 18.0 Å². The number of ether oxygens (including phenoxy) is 1. The van der Waals surface area contributed by atoms with Gasteiger partial charge in [0, 0.05) is 4.90 Å². The Balaban J connectivity index is 2.02. The van der Waals surface area contributed by atoms with Crippen molar-refractivity contribution >= 4 is 23.4 Å². The minimum absolute atomic E-state index is 0.353. The Hall–Kier alpha value is -1.98. The number of benzene rings is 2. The van der Waals surface area contributed by atoms with Crippen LogP contribution in [0.3, 0.4) is 0 Å². The van der Waals surface area contributed by atoms with Gasteiger partial charge >= 0.3 is 0 Å². The second-order valence-electron chi connectivity index (χ2n) is 5.25. The van der Waals surface area contributed by atoms with E-state index in [0.717, 1.165) is 21.8 Å². The summed E-state index contributed by atoms with van der Waals surface area (Å²) in [7, 11) is 1.61. The van der Waals surface area contributed by atoms with Crippen LogP contribution >= 0.6 is 11.8 Å². The number of carbonyl (C=O) groups excluding carboxylic acids is 1. The highest BCUT2D eigenvalue weighted by Gasteiger charge is 2.32. The van der Waals surface area contributed by atoms with Crippen molar-refractivity contribution in [2.45, 2.75) is 23.2 Å². The number of aliphatic hydroxyl groups is 1. The lowest BCUT2D eigenvalue weighted by Gasteiger charge is -2.19. The zero-order chi connectivity index (χ0) is 15.7. The molecule has 0 fully saturated rings. The Morgan fingerprint density at radius 1 is 1.18 bits per heavy atom. The van der Waals surface area contributed by atoms with Gasteiger partial charge in [-0.3, -0.25) is 4.79 Å². The van der Waals surface area contributed by atoms with Gasteiger partial charge in [-0.25, -0.2) is 0 Å². The van der Waals surface area contributed by atoms with Gasteiger partial charge in [-0.2, -0.15) is 0 Å². The number of fused-ring (bicyclic) bond motifs is 1. The number of methoxy groups -OCH3 is 1. The second kappa shape index (κ2) is 6.02. The second-order valence-corrected chi connectivity index (χ2v) is 6.43. The number of anilines is 1. The van der Waals surface area contributed by atoms with Crippen LogP contribution in [0.4, 0.5) is 5.69 Å². The molecule has 1 aliphatic heterocycles. The van der Waals surface area contributed by atoms with Crippen molar-refractivity contribution in [3.05, 3.63) is 53.6 Å². The number of amides is 1. The summed E-state index contributed by atoms with van der Waals surface area (Å²) in [6.45, 7) is 2.01. The largest absolute Gasteiger partial charge is 0.497 e. The highest BCUT2D eigenvalue weighted by Crippen LogP contribution is 2.44. The molecule has 5 heteroatoms. The minimum Gasteiger partial charge on any atom is -0.497 e. The number of hydrogen-bond acceptors (Lipinski definition) is 4. The smallest absolute Gasteiger partial charge is 0.254 e. The molecule has 2 atom stereocenters. The van der Waals surface area contributed by atoms with E-state index in [2.05, 4.69) is 5.32 Å². The molecule has 0 saturated carbocycles. The Labute approximate surface area is 133 Å². The first-order valence-corrected chi connectivity index (χ1v) is 7.86. The van der Waals surface area contributed by atoms with E-state index in [0.29, 0.717) is 5.69 Å². The van der Waals surface area contributed by atoms with Crippen molar-refractivity contribution in [1.82, 2.24) is 0 Å². The van der Waals surface area contributed by atoms with E-state index in [-0.39, 0.29) is 11.2 Å². The molecule has 3 rings (SSSR count). The van der Waals surface area contributed by atoms with E-state index in [1.165, 1.54) is 11.8 Å². The highest BCUT2D eigenvalue weighted by atomic mass is 32.2. The standard InChI is InChI=1S/C17H17NO3S/c1-10-3-5-11(6-4-10)16-15(19)17(20)18-13-8-7-12(21-2)9-14(13)22-16/h3-9,15-16,19H,1-2H3,(H,18,20)/t15-,16+/m0/s1. The maximum atomic E-state index is 12.2. The molecule has 0 saturated heterocycles. The van der Waals surface area contributed by atoms with Crippen LogP contribution in [-0.2, 0) is 4.79 Å². The van der Waals surface area contributed by atoms with Crippen LogP contribution in [0.2, 0.25) is 0 Å². The predicted octanol–water partition coefficient (Wildman–Crippen LogP) is 3.15. The molecule has 1 amide bonds. The van der Waals surface area contributed by atoms with Gasteiger partial charge in [0.15, 0.2) is 0 Å². The van der Waals surface area contributed by atoms with Crippen molar-refractivity contribution in [3.63, 3.8) is 0 Å². The monoisotopic (exact) mass is 315 g/mol. The van der Waals surface area contributed by atoms with Gasteiger partial charge in [0.1, 0.15) is 11.9 Å².